The van der Waals surface area contributed by atoms with Crippen LogP contribution in [0.5, 0.6) is 11.5 Å². The van der Waals surface area contributed by atoms with Gasteiger partial charge in [0.05, 0.1) is 23.9 Å². The highest BCUT2D eigenvalue weighted by molar-refractivity contribution is 6.33. The summed E-state index contributed by atoms with van der Waals surface area (Å²) in [6, 6.07) is 12.2. The van der Waals surface area contributed by atoms with Gasteiger partial charge in [0.25, 0.3) is 11.8 Å². The van der Waals surface area contributed by atoms with E-state index in [-0.39, 0.29) is 11.7 Å². The largest absolute Gasteiger partial charge is 0.493 e. The molecule has 28 heavy (non-hydrogen) atoms. The van der Waals surface area contributed by atoms with Crippen LogP contribution in [0.4, 0.5) is 5.69 Å². The van der Waals surface area contributed by atoms with Crippen molar-refractivity contribution in [2.45, 2.75) is 26.4 Å². The average molecular weight is 401 g/mol. The molecule has 0 aliphatic carbocycles. The Hall–Kier alpha value is -2.99. The minimum absolute atomic E-state index is 0.0116. The molecule has 1 saturated heterocycles. The normalized spacial score (nSPS) is 16.3. The molecule has 2 aromatic rings. The second kappa shape index (κ2) is 8.35. The summed E-state index contributed by atoms with van der Waals surface area (Å²) in [5, 5.41) is 1.56. The maximum atomic E-state index is 12.7. The quantitative estimate of drug-likeness (QED) is 0.588. The van der Waals surface area contributed by atoms with Crippen molar-refractivity contribution in [2.75, 3.05) is 12.1 Å². The predicted octanol–water partition coefficient (Wildman–Crippen LogP) is 3.99. The third kappa shape index (κ3) is 3.97. The van der Waals surface area contributed by atoms with Crippen LogP contribution in [0.25, 0.3) is 6.08 Å². The number of nitrogens with one attached hydrogen (secondary N) is 1. The number of carbonyl (C=O) groups is 2. The van der Waals surface area contributed by atoms with E-state index >= 15 is 0 Å². The van der Waals surface area contributed by atoms with Crippen molar-refractivity contribution in [3.63, 3.8) is 0 Å². The van der Waals surface area contributed by atoms with Crippen molar-refractivity contribution in [3.05, 3.63) is 58.6 Å². The van der Waals surface area contributed by atoms with E-state index in [1.54, 1.807) is 36.4 Å². The molecule has 0 saturated carbocycles. The Balaban J connectivity index is 1.93. The zero-order valence-electron chi connectivity index (χ0n) is 15.9. The van der Waals surface area contributed by atoms with Crippen molar-refractivity contribution in [1.29, 1.82) is 0 Å². The molecule has 7 heteroatoms. The van der Waals surface area contributed by atoms with Crippen molar-refractivity contribution in [1.82, 2.24) is 5.43 Å². The number of amides is 2. The number of benzene rings is 2. The van der Waals surface area contributed by atoms with Crippen LogP contribution in [0.3, 0.4) is 0 Å². The molecular formula is C21H21ClN2O4. The molecule has 0 aromatic heterocycles. The Labute approximate surface area is 168 Å². The van der Waals surface area contributed by atoms with Gasteiger partial charge in [-0.25, -0.2) is 5.01 Å². The number of hydrogen-bond donors (Lipinski definition) is 1. The number of rotatable bonds is 6. The molecule has 2 amide bonds. The maximum absolute atomic E-state index is 12.7. The van der Waals surface area contributed by atoms with Crippen LogP contribution in [-0.4, -0.2) is 25.0 Å². The van der Waals surface area contributed by atoms with Gasteiger partial charge in [-0.3, -0.25) is 15.0 Å². The van der Waals surface area contributed by atoms with Gasteiger partial charge in [-0.15, -0.1) is 0 Å². The van der Waals surface area contributed by atoms with Crippen LogP contribution in [0.1, 0.15) is 25.8 Å². The third-order valence-corrected chi connectivity index (χ3v) is 4.64. The summed E-state index contributed by atoms with van der Waals surface area (Å²) >= 11 is 6.37. The van der Waals surface area contributed by atoms with Crippen LogP contribution in [0, 0.1) is 0 Å². The number of anilines is 1. The van der Waals surface area contributed by atoms with E-state index in [0.29, 0.717) is 27.8 Å². The van der Waals surface area contributed by atoms with Crippen molar-refractivity contribution in [2.24, 2.45) is 0 Å². The lowest BCUT2D eigenvalue weighted by atomic mass is 10.1. The van der Waals surface area contributed by atoms with Gasteiger partial charge >= 0.3 is 0 Å². The number of nitrogens with zero attached hydrogens (tertiary/aromatic N) is 1. The number of para-hydroxylation sites is 1. The first-order chi connectivity index (χ1) is 13.4. The zero-order valence-corrected chi connectivity index (χ0v) is 16.6. The molecule has 3 rings (SSSR count). The van der Waals surface area contributed by atoms with E-state index in [1.807, 2.05) is 19.9 Å². The fourth-order valence-corrected chi connectivity index (χ4v) is 2.97. The number of hydrazine groups is 1. The van der Waals surface area contributed by atoms with Gasteiger partial charge in [-0.1, -0.05) is 36.7 Å². The minimum atomic E-state index is -0.483. The molecule has 146 valence electrons. The monoisotopic (exact) mass is 400 g/mol. The fourth-order valence-electron chi connectivity index (χ4n) is 2.70. The van der Waals surface area contributed by atoms with Crippen molar-refractivity contribution in [3.8, 4) is 11.5 Å². The molecule has 0 bridgehead atoms. The number of hydrogen-bond acceptors (Lipinski definition) is 4. The Kier molecular flexibility index (Phi) is 5.90. The van der Waals surface area contributed by atoms with Crippen LogP contribution in [0.2, 0.25) is 5.02 Å². The van der Waals surface area contributed by atoms with Gasteiger partial charge in [-0.2, -0.15) is 0 Å². The Morgan fingerprint density at radius 2 is 1.93 bits per heavy atom. The van der Waals surface area contributed by atoms with E-state index in [2.05, 4.69) is 5.43 Å². The zero-order chi connectivity index (χ0) is 20.3. The molecule has 0 unspecified atom stereocenters. The fraction of sp³-hybridized carbons (Fsp3) is 0.238. The second-order valence-corrected chi connectivity index (χ2v) is 6.75. The maximum Gasteiger partial charge on any atom is 0.282 e. The molecule has 1 aliphatic heterocycles. The highest BCUT2D eigenvalue weighted by Crippen LogP contribution is 2.38. The Bertz CT molecular complexity index is 928. The lowest BCUT2D eigenvalue weighted by Gasteiger charge is -2.17. The van der Waals surface area contributed by atoms with E-state index in [4.69, 9.17) is 21.1 Å². The molecule has 1 aliphatic rings. The predicted molar refractivity (Wildman–Crippen MR) is 108 cm³/mol. The van der Waals surface area contributed by atoms with Crippen LogP contribution >= 0.6 is 11.6 Å². The number of carbonyl (C=O) groups excluding carboxylic acids is 2. The SMILES string of the molecule is CC[C@@H](C)Oc1c(Cl)cc(/C=C2/C(=O)NN(c3ccccc3)C2=O)cc1OC. The molecule has 1 atom stereocenters. The van der Waals surface area contributed by atoms with Crippen LogP contribution in [0.15, 0.2) is 48.0 Å². The summed E-state index contributed by atoms with van der Waals surface area (Å²) in [6.45, 7) is 3.94. The molecule has 0 spiro atoms. The molecule has 0 radical (unpaired) electrons. The average Bonchev–Trinajstić information content (AvgIpc) is 2.98. The number of halogens is 1. The molecule has 1 fully saturated rings. The first kappa shape index (κ1) is 19.8. The van der Waals surface area contributed by atoms with Gasteiger partial charge in [0, 0.05) is 0 Å². The first-order valence-corrected chi connectivity index (χ1v) is 9.28. The summed E-state index contributed by atoms with van der Waals surface area (Å²) in [4.78, 5) is 25.0. The molecule has 2 aromatic carbocycles. The number of ether oxygens (including phenoxy) is 2. The van der Waals surface area contributed by atoms with E-state index in [9.17, 15) is 9.59 Å². The van der Waals surface area contributed by atoms with Crippen molar-refractivity contribution < 1.29 is 19.1 Å². The topological polar surface area (TPSA) is 67.9 Å². The summed E-state index contributed by atoms with van der Waals surface area (Å²) in [6.07, 6.45) is 2.27. The molecule has 6 nitrogen and oxygen atoms in total. The number of methoxy groups -OCH3 is 1. The van der Waals surface area contributed by atoms with Crippen LogP contribution < -0.4 is 19.9 Å². The summed E-state index contributed by atoms with van der Waals surface area (Å²) in [7, 11) is 1.51. The molecule has 1 heterocycles. The van der Waals surface area contributed by atoms with Gasteiger partial charge in [-0.05, 0) is 49.2 Å². The standard InChI is InChI=1S/C21H21ClN2O4/c1-4-13(2)28-19-17(22)11-14(12-18(19)27-3)10-16-20(25)23-24(21(16)26)15-8-6-5-7-9-15/h5-13H,4H2,1-3H3,(H,23,25)/b16-10-/t13-/m1/s1. The lowest BCUT2D eigenvalue weighted by Crippen LogP contribution is -2.35. The highest BCUT2D eigenvalue weighted by atomic mass is 35.5. The summed E-state index contributed by atoms with van der Waals surface area (Å²) in [5.74, 6) is -0.0470. The Morgan fingerprint density at radius 1 is 1.21 bits per heavy atom. The third-order valence-electron chi connectivity index (χ3n) is 4.36. The second-order valence-electron chi connectivity index (χ2n) is 6.35. The van der Waals surface area contributed by atoms with Gasteiger partial charge < -0.3 is 9.47 Å². The van der Waals surface area contributed by atoms with Crippen molar-refractivity contribution >= 4 is 35.2 Å². The summed E-state index contributed by atoms with van der Waals surface area (Å²) in [5.41, 5.74) is 3.72. The van der Waals surface area contributed by atoms with Crippen LogP contribution in [-0.2, 0) is 9.59 Å². The lowest BCUT2D eigenvalue weighted by molar-refractivity contribution is -0.117. The van der Waals surface area contributed by atoms with E-state index < -0.39 is 11.8 Å². The molecule has 1 N–H and O–H groups in total. The Morgan fingerprint density at radius 3 is 2.57 bits per heavy atom. The summed E-state index contributed by atoms with van der Waals surface area (Å²) < 4.78 is 11.2. The van der Waals surface area contributed by atoms with Gasteiger partial charge in [0.2, 0.25) is 0 Å². The smallest absolute Gasteiger partial charge is 0.282 e. The first-order valence-electron chi connectivity index (χ1n) is 8.91. The van der Waals surface area contributed by atoms with E-state index in [0.717, 1.165) is 6.42 Å². The minimum Gasteiger partial charge on any atom is -0.493 e. The highest BCUT2D eigenvalue weighted by Gasteiger charge is 2.34. The van der Waals surface area contributed by atoms with E-state index in [1.165, 1.54) is 18.2 Å². The molecular weight excluding hydrogens is 380 g/mol. The van der Waals surface area contributed by atoms with Gasteiger partial charge in [0.15, 0.2) is 11.5 Å². The van der Waals surface area contributed by atoms with Gasteiger partial charge in [0.1, 0.15) is 5.57 Å².